The Kier molecular flexibility index (Phi) is 4.24. The van der Waals surface area contributed by atoms with Crippen molar-refractivity contribution < 1.29 is 8.78 Å². The van der Waals surface area contributed by atoms with E-state index in [-0.39, 0.29) is 11.5 Å². The molecule has 0 fully saturated rings. The Morgan fingerprint density at radius 3 is 2.61 bits per heavy atom. The Morgan fingerprint density at radius 2 is 1.89 bits per heavy atom. The number of halogens is 3. The lowest BCUT2D eigenvalue weighted by atomic mass is 10.2. The molecule has 0 aromatic heterocycles. The van der Waals surface area contributed by atoms with E-state index in [0.717, 1.165) is 10.5 Å². The molecule has 18 heavy (non-hydrogen) atoms. The van der Waals surface area contributed by atoms with Crippen molar-refractivity contribution in [3.8, 4) is 0 Å². The van der Waals surface area contributed by atoms with E-state index in [4.69, 9.17) is 5.73 Å². The van der Waals surface area contributed by atoms with Gasteiger partial charge in [-0.25, -0.2) is 8.78 Å². The highest BCUT2D eigenvalue weighted by Gasteiger charge is 2.06. The van der Waals surface area contributed by atoms with Crippen molar-refractivity contribution in [3.05, 3.63) is 58.1 Å². The van der Waals surface area contributed by atoms with E-state index in [0.29, 0.717) is 10.2 Å². The Labute approximate surface area is 117 Å². The van der Waals surface area contributed by atoms with Gasteiger partial charge in [0.25, 0.3) is 0 Å². The van der Waals surface area contributed by atoms with Crippen molar-refractivity contribution in [3.63, 3.8) is 0 Å². The second-order valence-electron chi connectivity index (χ2n) is 3.68. The molecule has 2 N–H and O–H groups in total. The minimum Gasteiger partial charge on any atom is -0.396 e. The van der Waals surface area contributed by atoms with Crippen molar-refractivity contribution in [2.24, 2.45) is 0 Å². The van der Waals surface area contributed by atoms with Gasteiger partial charge in [0.15, 0.2) is 0 Å². The number of benzene rings is 2. The Bertz CT molecular complexity index is 575. The Balaban J connectivity index is 2.11. The summed E-state index contributed by atoms with van der Waals surface area (Å²) < 4.78 is 27.0. The highest BCUT2D eigenvalue weighted by Crippen LogP contribution is 2.29. The molecule has 2 aromatic carbocycles. The van der Waals surface area contributed by atoms with Crippen molar-refractivity contribution in [2.75, 3.05) is 5.73 Å². The van der Waals surface area contributed by atoms with E-state index in [1.165, 1.54) is 30.0 Å². The summed E-state index contributed by atoms with van der Waals surface area (Å²) >= 11 is 4.62. The number of rotatable bonds is 3. The second kappa shape index (κ2) is 5.71. The van der Waals surface area contributed by atoms with Crippen LogP contribution in [0, 0.1) is 11.6 Å². The van der Waals surface area contributed by atoms with Gasteiger partial charge in [0.05, 0.1) is 10.2 Å². The largest absolute Gasteiger partial charge is 0.396 e. The number of nitrogens with two attached hydrogens (primary N) is 1. The van der Waals surface area contributed by atoms with E-state index in [2.05, 4.69) is 15.9 Å². The van der Waals surface area contributed by atoms with Crippen molar-refractivity contribution in [1.29, 1.82) is 0 Å². The molecular formula is C13H10BrF2NS. The quantitative estimate of drug-likeness (QED) is 0.657. The molecule has 0 amide bonds. The Morgan fingerprint density at radius 1 is 1.11 bits per heavy atom. The minimum atomic E-state index is -0.432. The van der Waals surface area contributed by atoms with Crippen LogP contribution in [-0.2, 0) is 5.75 Å². The summed E-state index contributed by atoms with van der Waals surface area (Å²) in [6.45, 7) is 0. The zero-order valence-electron chi connectivity index (χ0n) is 9.29. The summed E-state index contributed by atoms with van der Waals surface area (Å²) in [5.74, 6) is -0.170. The minimum absolute atomic E-state index is 0.131. The average Bonchev–Trinajstić information content (AvgIpc) is 2.35. The van der Waals surface area contributed by atoms with Gasteiger partial charge in [0.2, 0.25) is 0 Å². The number of hydrogen-bond acceptors (Lipinski definition) is 2. The van der Waals surface area contributed by atoms with E-state index in [1.54, 1.807) is 12.1 Å². The number of anilines is 1. The van der Waals surface area contributed by atoms with E-state index in [9.17, 15) is 8.78 Å². The summed E-state index contributed by atoms with van der Waals surface area (Å²) in [4.78, 5) is 0.762. The molecule has 0 atom stereocenters. The smallest absolute Gasteiger partial charge is 0.147 e. The number of thioether (sulfide) groups is 1. The SMILES string of the molecule is Nc1ccc(SCc2cccc(F)c2Br)cc1F. The molecule has 94 valence electrons. The van der Waals surface area contributed by atoms with E-state index < -0.39 is 5.82 Å². The van der Waals surface area contributed by atoms with E-state index in [1.807, 2.05) is 6.07 Å². The van der Waals surface area contributed by atoms with Crippen LogP contribution in [0.2, 0.25) is 0 Å². The first kappa shape index (κ1) is 13.4. The van der Waals surface area contributed by atoms with Gasteiger partial charge in [-0.3, -0.25) is 0 Å². The van der Waals surface area contributed by atoms with Crippen LogP contribution in [0.5, 0.6) is 0 Å². The lowest BCUT2D eigenvalue weighted by Crippen LogP contribution is -1.90. The van der Waals surface area contributed by atoms with Crippen LogP contribution >= 0.6 is 27.7 Å². The maximum atomic E-state index is 13.3. The Hall–Kier alpha value is -1.07. The lowest BCUT2D eigenvalue weighted by molar-refractivity contribution is 0.619. The highest BCUT2D eigenvalue weighted by molar-refractivity contribution is 9.10. The molecule has 5 heteroatoms. The monoisotopic (exact) mass is 329 g/mol. The molecular weight excluding hydrogens is 320 g/mol. The molecule has 0 bridgehead atoms. The van der Waals surface area contributed by atoms with Crippen LogP contribution in [-0.4, -0.2) is 0 Å². The molecule has 0 saturated heterocycles. The van der Waals surface area contributed by atoms with Gasteiger partial charge in [0, 0.05) is 10.6 Å². The summed E-state index contributed by atoms with van der Waals surface area (Å²) in [6.07, 6.45) is 0. The average molecular weight is 330 g/mol. The maximum Gasteiger partial charge on any atom is 0.147 e. The molecule has 0 aliphatic carbocycles. The van der Waals surface area contributed by atoms with E-state index >= 15 is 0 Å². The fourth-order valence-electron chi connectivity index (χ4n) is 1.42. The fourth-order valence-corrected chi connectivity index (χ4v) is 2.92. The third kappa shape index (κ3) is 3.03. The van der Waals surface area contributed by atoms with Crippen LogP contribution in [0.15, 0.2) is 45.8 Å². The van der Waals surface area contributed by atoms with Crippen LogP contribution in [0.4, 0.5) is 14.5 Å². The summed E-state index contributed by atoms with van der Waals surface area (Å²) in [5.41, 5.74) is 6.36. The molecule has 0 aliphatic heterocycles. The third-order valence-electron chi connectivity index (χ3n) is 2.40. The van der Waals surface area contributed by atoms with Gasteiger partial charge < -0.3 is 5.73 Å². The van der Waals surface area contributed by atoms with Gasteiger partial charge >= 0.3 is 0 Å². The summed E-state index contributed by atoms with van der Waals surface area (Å²) in [5, 5.41) is 0. The van der Waals surface area contributed by atoms with Crippen LogP contribution in [0.3, 0.4) is 0 Å². The lowest BCUT2D eigenvalue weighted by Gasteiger charge is -2.06. The van der Waals surface area contributed by atoms with Gasteiger partial charge in [-0.15, -0.1) is 11.8 Å². The zero-order chi connectivity index (χ0) is 13.1. The first-order chi connectivity index (χ1) is 8.58. The predicted molar refractivity (Wildman–Crippen MR) is 74.5 cm³/mol. The standard InChI is InChI=1S/C13H10BrF2NS/c14-13-8(2-1-3-10(13)15)7-18-9-4-5-12(17)11(16)6-9/h1-6H,7,17H2. The van der Waals surface area contributed by atoms with Crippen LogP contribution in [0.1, 0.15) is 5.56 Å². The molecule has 0 unspecified atom stereocenters. The molecule has 2 aromatic rings. The molecule has 0 aliphatic rings. The fraction of sp³-hybridized carbons (Fsp3) is 0.0769. The topological polar surface area (TPSA) is 26.0 Å². The summed E-state index contributed by atoms with van der Waals surface area (Å²) in [7, 11) is 0. The first-order valence-corrected chi connectivity index (χ1v) is 6.96. The second-order valence-corrected chi connectivity index (χ2v) is 5.53. The number of nitrogen functional groups attached to an aromatic ring is 1. The van der Waals surface area contributed by atoms with Crippen LogP contribution in [0.25, 0.3) is 0 Å². The normalized spacial score (nSPS) is 10.6. The maximum absolute atomic E-state index is 13.3. The molecule has 0 saturated carbocycles. The van der Waals surface area contributed by atoms with Crippen molar-refractivity contribution in [1.82, 2.24) is 0 Å². The molecule has 0 radical (unpaired) electrons. The predicted octanol–water partition coefficient (Wildman–Crippen LogP) is 4.60. The van der Waals surface area contributed by atoms with Gasteiger partial charge in [0.1, 0.15) is 11.6 Å². The highest BCUT2D eigenvalue weighted by atomic mass is 79.9. The summed E-state index contributed by atoms with van der Waals surface area (Å²) in [6, 6.07) is 9.52. The van der Waals surface area contributed by atoms with Gasteiger partial charge in [-0.1, -0.05) is 12.1 Å². The first-order valence-electron chi connectivity index (χ1n) is 5.18. The molecule has 2 rings (SSSR count). The van der Waals surface area contributed by atoms with Crippen molar-refractivity contribution in [2.45, 2.75) is 10.6 Å². The van der Waals surface area contributed by atoms with Gasteiger partial charge in [-0.2, -0.15) is 0 Å². The van der Waals surface area contributed by atoms with Crippen LogP contribution < -0.4 is 5.73 Å². The molecule has 1 nitrogen and oxygen atoms in total. The van der Waals surface area contributed by atoms with Crippen molar-refractivity contribution >= 4 is 33.4 Å². The molecule has 0 spiro atoms. The third-order valence-corrected chi connectivity index (χ3v) is 4.33. The number of hydrogen-bond donors (Lipinski definition) is 1. The zero-order valence-corrected chi connectivity index (χ0v) is 11.7. The van der Waals surface area contributed by atoms with Gasteiger partial charge in [-0.05, 0) is 45.8 Å². The molecule has 0 heterocycles.